The fourth-order valence-electron chi connectivity index (χ4n) is 0.558. The summed E-state index contributed by atoms with van der Waals surface area (Å²) >= 11 is 8.50. The second kappa shape index (κ2) is 3.30. The third-order valence-electron chi connectivity index (χ3n) is 1.07. The highest BCUT2D eigenvalue weighted by Gasteiger charge is 2.04. The molecule has 0 aliphatic heterocycles. The van der Waals surface area contributed by atoms with Crippen molar-refractivity contribution in [1.82, 2.24) is 4.98 Å². The van der Waals surface area contributed by atoms with Gasteiger partial charge in [0.05, 0.1) is 0 Å². The lowest BCUT2D eigenvalue weighted by molar-refractivity contribution is 0.611. The molecule has 4 heteroatoms. The molecule has 1 aromatic heterocycles. The number of alkyl halides is 1. The largest absolute Gasteiger partial charge is 0.242 e. The first-order valence-electron chi connectivity index (χ1n) is 2.60. The Morgan fingerprint density at radius 2 is 2.40 bits per heavy atom. The maximum absolute atomic E-state index is 12.8. The van der Waals surface area contributed by atoms with Crippen LogP contribution in [-0.2, 0) is 5.33 Å². The van der Waals surface area contributed by atoms with Gasteiger partial charge in [-0.2, -0.15) is 0 Å². The van der Waals surface area contributed by atoms with Gasteiger partial charge in [-0.1, -0.05) is 27.5 Å². The highest BCUT2D eigenvalue weighted by Crippen LogP contribution is 2.16. The molecule has 0 spiro atoms. The summed E-state index contributed by atoms with van der Waals surface area (Å²) in [5, 5.41) is 0.387. The Morgan fingerprint density at radius 3 is 2.90 bits per heavy atom. The van der Waals surface area contributed by atoms with Crippen molar-refractivity contribution in [2.24, 2.45) is 0 Å². The Balaban J connectivity index is 3.14. The summed E-state index contributed by atoms with van der Waals surface area (Å²) in [5.74, 6) is -0.443. The molecule has 0 unspecified atom stereocenters. The molecule has 0 aliphatic carbocycles. The van der Waals surface area contributed by atoms with Crippen molar-refractivity contribution in [1.29, 1.82) is 0 Å². The van der Waals surface area contributed by atoms with Crippen LogP contribution >= 0.6 is 27.5 Å². The molecule has 0 radical (unpaired) electrons. The molecule has 1 rings (SSSR count). The number of nitrogens with zero attached hydrogens (tertiary/aromatic N) is 1. The van der Waals surface area contributed by atoms with Gasteiger partial charge in [-0.05, 0) is 6.07 Å². The second-order valence-electron chi connectivity index (χ2n) is 1.71. The Kier molecular flexibility index (Phi) is 2.63. The quantitative estimate of drug-likeness (QED) is 0.528. The number of aromatic nitrogens is 1. The van der Waals surface area contributed by atoms with Crippen LogP contribution < -0.4 is 0 Å². The first kappa shape index (κ1) is 7.95. The van der Waals surface area contributed by atoms with Crippen LogP contribution in [0, 0.1) is 5.82 Å². The van der Waals surface area contributed by atoms with Crippen molar-refractivity contribution in [2.75, 3.05) is 0 Å². The molecular formula is C6H4BrClFN. The molecule has 0 bridgehead atoms. The minimum Gasteiger partial charge on any atom is -0.242 e. The number of rotatable bonds is 1. The smallest absolute Gasteiger partial charge is 0.165 e. The van der Waals surface area contributed by atoms with Gasteiger partial charge < -0.3 is 0 Å². The maximum Gasteiger partial charge on any atom is 0.165 e. The summed E-state index contributed by atoms with van der Waals surface area (Å²) in [6, 6.07) is 1.58. The Labute approximate surface area is 71.4 Å². The van der Waals surface area contributed by atoms with Crippen molar-refractivity contribution < 1.29 is 4.39 Å². The van der Waals surface area contributed by atoms with Crippen molar-refractivity contribution in [3.8, 4) is 0 Å². The molecule has 54 valence electrons. The zero-order valence-corrected chi connectivity index (χ0v) is 7.28. The predicted molar refractivity (Wildman–Crippen MR) is 41.8 cm³/mol. The van der Waals surface area contributed by atoms with Gasteiger partial charge in [-0.25, -0.2) is 9.37 Å². The molecule has 0 saturated heterocycles. The topological polar surface area (TPSA) is 12.9 Å². The van der Waals surface area contributed by atoms with Gasteiger partial charge in [0.15, 0.2) is 11.0 Å². The van der Waals surface area contributed by atoms with Crippen LogP contribution in [0.3, 0.4) is 0 Å². The van der Waals surface area contributed by atoms with E-state index in [1.807, 2.05) is 0 Å². The van der Waals surface area contributed by atoms with Crippen molar-refractivity contribution in [2.45, 2.75) is 5.33 Å². The number of pyridine rings is 1. The van der Waals surface area contributed by atoms with Gasteiger partial charge in [-0.15, -0.1) is 0 Å². The van der Waals surface area contributed by atoms with Gasteiger partial charge in [-0.3, -0.25) is 0 Å². The van der Waals surface area contributed by atoms with E-state index in [1.165, 1.54) is 6.20 Å². The molecule has 0 atom stereocenters. The summed E-state index contributed by atoms with van der Waals surface area (Å²) in [5.41, 5.74) is 0.528. The van der Waals surface area contributed by atoms with E-state index in [1.54, 1.807) is 6.07 Å². The summed E-state index contributed by atoms with van der Waals surface area (Å²) in [6.45, 7) is 0. The van der Waals surface area contributed by atoms with Crippen molar-refractivity contribution >= 4 is 27.5 Å². The summed E-state index contributed by atoms with van der Waals surface area (Å²) < 4.78 is 12.8. The standard InChI is InChI=1S/C6H4BrClFN/c7-3-4-1-2-10-6(8)5(4)9/h1-2H,3H2. The van der Waals surface area contributed by atoms with Crippen LogP contribution in [0.4, 0.5) is 4.39 Å². The number of hydrogen-bond donors (Lipinski definition) is 0. The maximum atomic E-state index is 12.8. The number of halogens is 3. The first-order chi connectivity index (χ1) is 4.75. The van der Waals surface area contributed by atoms with E-state index in [9.17, 15) is 4.39 Å². The summed E-state index contributed by atoms with van der Waals surface area (Å²) in [4.78, 5) is 3.56. The van der Waals surface area contributed by atoms with E-state index in [-0.39, 0.29) is 5.15 Å². The minimum atomic E-state index is -0.443. The van der Waals surface area contributed by atoms with Gasteiger partial charge in [0.2, 0.25) is 0 Å². The molecular weight excluding hydrogens is 220 g/mol. The van der Waals surface area contributed by atoms with Gasteiger partial charge in [0, 0.05) is 17.1 Å². The van der Waals surface area contributed by atoms with Gasteiger partial charge in [0.25, 0.3) is 0 Å². The third-order valence-corrected chi connectivity index (χ3v) is 1.94. The van der Waals surface area contributed by atoms with E-state index in [0.29, 0.717) is 10.9 Å². The molecule has 0 saturated carbocycles. The second-order valence-corrected chi connectivity index (χ2v) is 2.63. The van der Waals surface area contributed by atoms with Crippen LogP contribution in [-0.4, -0.2) is 4.98 Å². The molecule has 1 heterocycles. The van der Waals surface area contributed by atoms with Crippen LogP contribution in [0.1, 0.15) is 5.56 Å². The average molecular weight is 224 g/mol. The lowest BCUT2D eigenvalue weighted by atomic mass is 10.3. The number of hydrogen-bond acceptors (Lipinski definition) is 1. The van der Waals surface area contributed by atoms with E-state index >= 15 is 0 Å². The van der Waals surface area contributed by atoms with Gasteiger partial charge >= 0.3 is 0 Å². The van der Waals surface area contributed by atoms with Crippen LogP contribution in [0.5, 0.6) is 0 Å². The molecule has 0 amide bonds. The molecule has 0 aromatic carbocycles. The fraction of sp³-hybridized carbons (Fsp3) is 0.167. The third kappa shape index (κ3) is 1.47. The van der Waals surface area contributed by atoms with E-state index in [2.05, 4.69) is 20.9 Å². The monoisotopic (exact) mass is 223 g/mol. The highest BCUT2D eigenvalue weighted by atomic mass is 79.9. The molecule has 1 nitrogen and oxygen atoms in total. The zero-order chi connectivity index (χ0) is 7.56. The molecule has 0 N–H and O–H groups in total. The SMILES string of the molecule is Fc1c(CBr)ccnc1Cl. The van der Waals surface area contributed by atoms with E-state index in [4.69, 9.17) is 11.6 Å². The highest BCUT2D eigenvalue weighted by molar-refractivity contribution is 9.08. The minimum absolute atomic E-state index is 0.0723. The zero-order valence-electron chi connectivity index (χ0n) is 4.94. The Bertz CT molecular complexity index is 241. The van der Waals surface area contributed by atoms with Crippen LogP contribution in [0.25, 0.3) is 0 Å². The molecule has 0 fully saturated rings. The van der Waals surface area contributed by atoms with Crippen molar-refractivity contribution in [3.63, 3.8) is 0 Å². The Hall–Kier alpha value is -0.150. The van der Waals surface area contributed by atoms with Gasteiger partial charge in [0.1, 0.15) is 0 Å². The molecule has 1 aromatic rings. The summed E-state index contributed by atoms with van der Waals surface area (Å²) in [7, 11) is 0. The lowest BCUT2D eigenvalue weighted by Gasteiger charge is -1.96. The molecule has 10 heavy (non-hydrogen) atoms. The first-order valence-corrected chi connectivity index (χ1v) is 4.10. The fourth-order valence-corrected chi connectivity index (χ4v) is 1.17. The normalized spacial score (nSPS) is 9.90. The van der Waals surface area contributed by atoms with Crippen LogP contribution in [0.15, 0.2) is 12.3 Å². The molecule has 0 aliphatic rings. The predicted octanol–water partition coefficient (Wildman–Crippen LogP) is 2.77. The Morgan fingerprint density at radius 1 is 1.70 bits per heavy atom. The lowest BCUT2D eigenvalue weighted by Crippen LogP contribution is -1.88. The van der Waals surface area contributed by atoms with E-state index < -0.39 is 5.82 Å². The van der Waals surface area contributed by atoms with Crippen molar-refractivity contribution in [3.05, 3.63) is 28.8 Å². The average Bonchev–Trinajstić information content (AvgIpc) is 1.95. The van der Waals surface area contributed by atoms with E-state index in [0.717, 1.165) is 0 Å². The summed E-state index contributed by atoms with van der Waals surface area (Å²) in [6.07, 6.45) is 1.47. The van der Waals surface area contributed by atoms with Crippen LogP contribution in [0.2, 0.25) is 5.15 Å².